The molecule has 6 heteroatoms. The van der Waals surface area contributed by atoms with Crippen molar-refractivity contribution in [2.24, 2.45) is 5.92 Å². The van der Waals surface area contributed by atoms with Crippen LogP contribution in [0.1, 0.15) is 38.7 Å². The number of carbonyl (C=O) groups is 2. The lowest BCUT2D eigenvalue weighted by Gasteiger charge is -2.37. The Morgan fingerprint density at radius 2 is 1.89 bits per heavy atom. The van der Waals surface area contributed by atoms with Gasteiger partial charge in [-0.15, -0.1) is 0 Å². The van der Waals surface area contributed by atoms with Crippen LogP contribution in [0.5, 0.6) is 5.75 Å². The zero-order chi connectivity index (χ0) is 19.4. The smallest absolute Gasteiger partial charge is 0.410 e. The first-order valence-electron chi connectivity index (χ1n) is 9.57. The van der Waals surface area contributed by atoms with Crippen LogP contribution in [-0.2, 0) is 14.3 Å². The van der Waals surface area contributed by atoms with E-state index in [0.717, 1.165) is 11.3 Å². The molecule has 1 fully saturated rings. The van der Waals surface area contributed by atoms with Crippen molar-refractivity contribution in [3.63, 3.8) is 0 Å². The first kappa shape index (κ1) is 19.3. The number of methoxy groups -OCH3 is 1. The summed E-state index contributed by atoms with van der Waals surface area (Å²) in [5.74, 6) is 0.664. The minimum absolute atomic E-state index is 0.102. The van der Waals surface area contributed by atoms with Crippen LogP contribution in [0.3, 0.4) is 0 Å². The van der Waals surface area contributed by atoms with E-state index in [4.69, 9.17) is 14.2 Å². The number of ketones is 1. The van der Waals surface area contributed by atoms with E-state index in [9.17, 15) is 9.59 Å². The van der Waals surface area contributed by atoms with E-state index in [2.05, 4.69) is 0 Å². The highest BCUT2D eigenvalue weighted by Gasteiger charge is 2.41. The lowest BCUT2D eigenvalue weighted by molar-refractivity contribution is -0.126. The Balaban J connectivity index is 1.66. The van der Waals surface area contributed by atoms with Crippen molar-refractivity contribution in [2.45, 2.75) is 45.3 Å². The van der Waals surface area contributed by atoms with Gasteiger partial charge in [0.25, 0.3) is 0 Å². The van der Waals surface area contributed by atoms with Gasteiger partial charge < -0.3 is 19.1 Å². The summed E-state index contributed by atoms with van der Waals surface area (Å²) in [5, 5.41) is 0. The summed E-state index contributed by atoms with van der Waals surface area (Å²) in [4.78, 5) is 26.8. The van der Waals surface area contributed by atoms with Gasteiger partial charge in [0, 0.05) is 19.5 Å². The lowest BCUT2D eigenvalue weighted by atomic mass is 9.78. The van der Waals surface area contributed by atoms with Crippen molar-refractivity contribution in [1.29, 1.82) is 0 Å². The first-order valence-corrected chi connectivity index (χ1v) is 9.57. The van der Waals surface area contributed by atoms with Crippen LogP contribution in [0.2, 0.25) is 0 Å². The normalized spacial score (nSPS) is 24.3. The Morgan fingerprint density at radius 3 is 2.52 bits per heavy atom. The van der Waals surface area contributed by atoms with Crippen LogP contribution in [0.15, 0.2) is 30.5 Å². The molecule has 0 bridgehead atoms. The molecular formula is C21H27NO5. The van der Waals surface area contributed by atoms with Crippen molar-refractivity contribution in [3.05, 3.63) is 36.1 Å². The summed E-state index contributed by atoms with van der Waals surface area (Å²) in [7, 11) is 1.61. The Kier molecular flexibility index (Phi) is 6.04. The topological polar surface area (TPSA) is 65.1 Å². The molecule has 27 heavy (non-hydrogen) atoms. The van der Waals surface area contributed by atoms with E-state index in [-0.39, 0.29) is 30.0 Å². The molecule has 0 N–H and O–H groups in total. The molecule has 0 aromatic heterocycles. The molecule has 3 atom stereocenters. The zero-order valence-electron chi connectivity index (χ0n) is 16.1. The third-order valence-corrected chi connectivity index (χ3v) is 5.40. The molecule has 1 heterocycles. The quantitative estimate of drug-likeness (QED) is 0.788. The molecule has 146 valence electrons. The fourth-order valence-corrected chi connectivity index (χ4v) is 3.74. The van der Waals surface area contributed by atoms with Crippen molar-refractivity contribution in [2.75, 3.05) is 20.2 Å². The summed E-state index contributed by atoms with van der Waals surface area (Å²) < 4.78 is 16.7. The van der Waals surface area contributed by atoms with Gasteiger partial charge in [-0.05, 0) is 44.4 Å². The van der Waals surface area contributed by atoms with Crippen molar-refractivity contribution in [1.82, 2.24) is 4.90 Å². The molecule has 1 aromatic carbocycles. The molecule has 1 amide bonds. The maximum Gasteiger partial charge on any atom is 0.410 e. The maximum atomic E-state index is 12.9. The molecule has 1 aromatic rings. The second-order valence-corrected chi connectivity index (χ2v) is 6.90. The predicted octanol–water partition coefficient (Wildman–Crippen LogP) is 3.65. The second-order valence-electron chi connectivity index (χ2n) is 6.90. The largest absolute Gasteiger partial charge is 0.497 e. The molecule has 0 saturated heterocycles. The number of ether oxygens (including phenoxy) is 3. The van der Waals surface area contributed by atoms with Crippen molar-refractivity contribution >= 4 is 17.4 Å². The molecule has 1 aliphatic heterocycles. The van der Waals surface area contributed by atoms with Crippen LogP contribution >= 0.6 is 0 Å². The number of carbonyl (C=O) groups excluding carboxylic acids is 2. The highest BCUT2D eigenvalue weighted by molar-refractivity contribution is 6.22. The molecule has 0 radical (unpaired) electrons. The molecule has 1 aliphatic carbocycles. The second kappa shape index (κ2) is 8.46. The van der Waals surface area contributed by atoms with Gasteiger partial charge >= 0.3 is 6.09 Å². The van der Waals surface area contributed by atoms with Gasteiger partial charge in [-0.25, -0.2) is 4.79 Å². The highest BCUT2D eigenvalue weighted by atomic mass is 16.6. The van der Waals surface area contributed by atoms with Gasteiger partial charge in [0.05, 0.1) is 24.9 Å². The van der Waals surface area contributed by atoms with E-state index >= 15 is 0 Å². The van der Waals surface area contributed by atoms with Gasteiger partial charge in [0.2, 0.25) is 0 Å². The molecule has 6 nitrogen and oxygen atoms in total. The average Bonchev–Trinajstić information content (AvgIpc) is 2.69. The number of rotatable bonds is 5. The Morgan fingerprint density at radius 1 is 1.19 bits per heavy atom. The van der Waals surface area contributed by atoms with Crippen LogP contribution < -0.4 is 4.74 Å². The average molecular weight is 373 g/mol. The van der Waals surface area contributed by atoms with Crippen LogP contribution in [0.4, 0.5) is 4.79 Å². The van der Waals surface area contributed by atoms with Crippen molar-refractivity contribution < 1.29 is 23.8 Å². The molecule has 1 saturated carbocycles. The Hall–Kier alpha value is -2.50. The number of nitrogens with zero attached hydrogens (tertiary/aromatic N) is 1. The van der Waals surface area contributed by atoms with Crippen LogP contribution in [-0.4, -0.2) is 49.2 Å². The number of allylic oxidation sites excluding steroid dienone is 1. The summed E-state index contributed by atoms with van der Waals surface area (Å²) in [6, 6.07) is 7.39. The monoisotopic (exact) mass is 373 g/mol. The maximum absolute atomic E-state index is 12.9. The number of fused-ring (bicyclic) bond motifs is 1. The summed E-state index contributed by atoms with van der Waals surface area (Å²) in [6.07, 6.45) is 2.72. The molecule has 3 rings (SSSR count). The number of amides is 1. The van der Waals surface area contributed by atoms with Crippen LogP contribution in [0.25, 0.3) is 5.57 Å². The number of Topliss-reactive ketones (excluding diaryl/α,β-unsaturated/α-hetero) is 1. The van der Waals surface area contributed by atoms with E-state index in [1.54, 1.807) is 18.3 Å². The van der Waals surface area contributed by atoms with E-state index in [1.165, 1.54) is 0 Å². The van der Waals surface area contributed by atoms with E-state index < -0.39 is 0 Å². The summed E-state index contributed by atoms with van der Waals surface area (Å²) in [5.41, 5.74) is 1.42. The van der Waals surface area contributed by atoms with Gasteiger partial charge in [-0.2, -0.15) is 0 Å². The van der Waals surface area contributed by atoms with Crippen molar-refractivity contribution in [3.8, 4) is 5.75 Å². The number of hydrogen-bond donors (Lipinski definition) is 0. The molecular weight excluding hydrogens is 346 g/mol. The first-order chi connectivity index (χ1) is 13.1. The minimum atomic E-state index is -0.292. The zero-order valence-corrected chi connectivity index (χ0v) is 16.1. The predicted molar refractivity (Wildman–Crippen MR) is 101 cm³/mol. The third-order valence-electron chi connectivity index (χ3n) is 5.40. The Labute approximate surface area is 160 Å². The fourth-order valence-electron chi connectivity index (χ4n) is 3.74. The SMILES string of the molecule is CCN(CC)C(=O)OC1CCC2C(=O)C(c3ccc(OC)cc3)=COC2C1. The molecule has 0 spiro atoms. The summed E-state index contributed by atoms with van der Waals surface area (Å²) >= 11 is 0. The standard InChI is InChI=1S/C21H27NO5/c1-4-22(5-2)21(24)27-16-10-11-17-19(12-16)26-13-18(20(17)23)14-6-8-15(25-3)9-7-14/h6-9,13,16-17,19H,4-5,10-12H2,1-3H3. The highest BCUT2D eigenvalue weighted by Crippen LogP contribution is 2.37. The summed E-state index contributed by atoms with van der Waals surface area (Å²) in [6.45, 7) is 5.10. The van der Waals surface area contributed by atoms with Gasteiger partial charge in [0.15, 0.2) is 5.78 Å². The van der Waals surface area contributed by atoms with E-state index in [0.29, 0.717) is 37.9 Å². The number of hydrogen-bond acceptors (Lipinski definition) is 5. The van der Waals surface area contributed by atoms with Crippen LogP contribution in [0, 0.1) is 5.92 Å². The third kappa shape index (κ3) is 4.10. The lowest BCUT2D eigenvalue weighted by Crippen LogP contribution is -2.43. The van der Waals surface area contributed by atoms with Gasteiger partial charge in [-0.3, -0.25) is 4.79 Å². The van der Waals surface area contributed by atoms with Gasteiger partial charge in [0.1, 0.15) is 18.0 Å². The molecule has 2 aliphatic rings. The Bertz CT molecular complexity index is 708. The van der Waals surface area contributed by atoms with Gasteiger partial charge in [-0.1, -0.05) is 12.1 Å². The minimum Gasteiger partial charge on any atom is -0.497 e. The van der Waals surface area contributed by atoms with E-state index in [1.807, 2.05) is 38.1 Å². The fraction of sp³-hybridized carbons (Fsp3) is 0.524. The number of benzene rings is 1. The molecule has 3 unspecified atom stereocenters.